The molecule has 0 aromatic carbocycles. The molecular formula is C14H21N3O2. The Hall–Kier alpha value is -1.46. The topological polar surface area (TPSA) is 54.5 Å². The Balaban J connectivity index is 2.01. The van der Waals surface area contributed by atoms with E-state index in [1.807, 2.05) is 23.2 Å². The molecule has 0 bridgehead atoms. The van der Waals surface area contributed by atoms with Crippen LogP contribution in [0.25, 0.3) is 0 Å². The van der Waals surface area contributed by atoms with E-state index in [0.717, 1.165) is 31.6 Å². The van der Waals surface area contributed by atoms with Crippen LogP contribution in [0.15, 0.2) is 24.5 Å². The van der Waals surface area contributed by atoms with Crippen molar-refractivity contribution < 1.29 is 9.53 Å². The summed E-state index contributed by atoms with van der Waals surface area (Å²) in [4.78, 5) is 18.4. The van der Waals surface area contributed by atoms with Gasteiger partial charge in [-0.1, -0.05) is 6.07 Å². The average molecular weight is 263 g/mol. The zero-order valence-corrected chi connectivity index (χ0v) is 11.3. The van der Waals surface area contributed by atoms with Gasteiger partial charge in [0.05, 0.1) is 6.04 Å². The molecule has 104 valence electrons. The van der Waals surface area contributed by atoms with Gasteiger partial charge in [0.25, 0.3) is 0 Å². The zero-order chi connectivity index (χ0) is 13.5. The number of hydrogen-bond donors (Lipinski definition) is 1. The number of ether oxygens (including phenoxy) is 1. The van der Waals surface area contributed by atoms with Crippen molar-refractivity contribution in [2.24, 2.45) is 0 Å². The van der Waals surface area contributed by atoms with Gasteiger partial charge in [-0.3, -0.25) is 9.78 Å². The molecular weight excluding hydrogens is 242 g/mol. The fourth-order valence-corrected chi connectivity index (χ4v) is 2.39. The van der Waals surface area contributed by atoms with Crippen molar-refractivity contribution in [2.75, 3.05) is 33.4 Å². The smallest absolute Gasteiger partial charge is 0.223 e. The van der Waals surface area contributed by atoms with Crippen LogP contribution in [0, 0.1) is 0 Å². The quantitative estimate of drug-likeness (QED) is 0.805. The van der Waals surface area contributed by atoms with E-state index in [2.05, 4.69) is 10.3 Å². The van der Waals surface area contributed by atoms with Crippen LogP contribution in [0.2, 0.25) is 0 Å². The Labute approximate surface area is 114 Å². The first-order chi connectivity index (χ1) is 9.33. The lowest BCUT2D eigenvalue weighted by Crippen LogP contribution is -2.48. The van der Waals surface area contributed by atoms with E-state index in [1.165, 1.54) is 0 Å². The normalized spacial score (nSPS) is 19.4. The van der Waals surface area contributed by atoms with Gasteiger partial charge in [0.2, 0.25) is 5.91 Å². The molecule has 1 aromatic rings. The van der Waals surface area contributed by atoms with Crippen LogP contribution in [-0.2, 0) is 9.53 Å². The Kier molecular flexibility index (Phi) is 5.30. The average Bonchev–Trinajstić information content (AvgIpc) is 2.48. The number of rotatable bonds is 5. The van der Waals surface area contributed by atoms with Gasteiger partial charge in [-0.25, -0.2) is 0 Å². The Morgan fingerprint density at radius 3 is 3.26 bits per heavy atom. The summed E-state index contributed by atoms with van der Waals surface area (Å²) >= 11 is 0. The van der Waals surface area contributed by atoms with Gasteiger partial charge in [-0.15, -0.1) is 0 Å². The molecule has 5 heteroatoms. The summed E-state index contributed by atoms with van der Waals surface area (Å²) in [7, 11) is 1.66. The van der Waals surface area contributed by atoms with Gasteiger partial charge in [-0.2, -0.15) is 0 Å². The maximum absolute atomic E-state index is 12.3. The number of carbonyl (C=O) groups is 1. The first-order valence-electron chi connectivity index (χ1n) is 6.72. The molecule has 1 saturated heterocycles. The van der Waals surface area contributed by atoms with E-state index in [4.69, 9.17) is 4.74 Å². The zero-order valence-electron chi connectivity index (χ0n) is 11.3. The number of pyridine rings is 1. The summed E-state index contributed by atoms with van der Waals surface area (Å²) in [6, 6.07) is 4.04. The van der Waals surface area contributed by atoms with Crippen molar-refractivity contribution >= 4 is 5.91 Å². The molecule has 1 fully saturated rings. The van der Waals surface area contributed by atoms with Gasteiger partial charge >= 0.3 is 0 Å². The third kappa shape index (κ3) is 3.75. The molecule has 2 heterocycles. The van der Waals surface area contributed by atoms with Crippen molar-refractivity contribution in [3.05, 3.63) is 30.1 Å². The van der Waals surface area contributed by atoms with Crippen molar-refractivity contribution in [2.45, 2.75) is 18.9 Å². The number of amides is 1. The minimum Gasteiger partial charge on any atom is -0.385 e. The van der Waals surface area contributed by atoms with E-state index >= 15 is 0 Å². The van der Waals surface area contributed by atoms with Gasteiger partial charge in [0.15, 0.2) is 0 Å². The Morgan fingerprint density at radius 2 is 2.53 bits per heavy atom. The number of carbonyl (C=O) groups excluding carboxylic acids is 1. The first-order valence-corrected chi connectivity index (χ1v) is 6.72. The molecule has 0 saturated carbocycles. The van der Waals surface area contributed by atoms with Crippen LogP contribution in [-0.4, -0.2) is 49.1 Å². The van der Waals surface area contributed by atoms with Crippen molar-refractivity contribution in [3.8, 4) is 0 Å². The maximum atomic E-state index is 12.3. The Bertz CT molecular complexity index is 397. The number of piperazine rings is 1. The molecule has 0 radical (unpaired) electrons. The highest BCUT2D eigenvalue weighted by Crippen LogP contribution is 2.22. The van der Waals surface area contributed by atoms with E-state index < -0.39 is 0 Å². The summed E-state index contributed by atoms with van der Waals surface area (Å²) in [5.74, 6) is 0.201. The number of aromatic nitrogens is 1. The third-order valence-electron chi connectivity index (χ3n) is 3.37. The standard InChI is InChI=1S/C14H21N3O2/c1-19-9-3-5-14(18)17-8-7-16-11-13(17)12-4-2-6-15-10-12/h2,4,6,10,13,16H,3,5,7-9,11H2,1H3. The lowest BCUT2D eigenvalue weighted by Gasteiger charge is -2.36. The fraction of sp³-hybridized carbons (Fsp3) is 0.571. The molecule has 5 nitrogen and oxygen atoms in total. The molecule has 1 unspecified atom stereocenters. The predicted molar refractivity (Wildman–Crippen MR) is 72.7 cm³/mol. The second-order valence-electron chi connectivity index (χ2n) is 4.69. The van der Waals surface area contributed by atoms with Crippen LogP contribution >= 0.6 is 0 Å². The number of nitrogens with zero attached hydrogens (tertiary/aromatic N) is 2. The molecule has 19 heavy (non-hydrogen) atoms. The van der Waals surface area contributed by atoms with E-state index in [-0.39, 0.29) is 11.9 Å². The number of nitrogens with one attached hydrogen (secondary N) is 1. The van der Waals surface area contributed by atoms with Gasteiger partial charge in [-0.05, 0) is 18.1 Å². The first kappa shape index (κ1) is 14.0. The second kappa shape index (κ2) is 7.21. The summed E-state index contributed by atoms with van der Waals surface area (Å²) in [5, 5.41) is 3.34. The summed E-state index contributed by atoms with van der Waals surface area (Å²) in [6.45, 7) is 3.04. The van der Waals surface area contributed by atoms with Gasteiger partial charge < -0.3 is 15.0 Å². The summed E-state index contributed by atoms with van der Waals surface area (Å²) in [6.07, 6.45) is 4.92. The van der Waals surface area contributed by atoms with Crippen molar-refractivity contribution in [1.82, 2.24) is 15.2 Å². The lowest BCUT2D eigenvalue weighted by molar-refractivity contribution is -0.134. The van der Waals surface area contributed by atoms with Gasteiger partial charge in [0.1, 0.15) is 0 Å². The molecule has 0 spiro atoms. The van der Waals surface area contributed by atoms with Crippen molar-refractivity contribution in [3.63, 3.8) is 0 Å². The lowest BCUT2D eigenvalue weighted by atomic mass is 10.0. The monoisotopic (exact) mass is 263 g/mol. The number of hydrogen-bond acceptors (Lipinski definition) is 4. The fourth-order valence-electron chi connectivity index (χ4n) is 2.39. The van der Waals surface area contributed by atoms with Crippen LogP contribution in [0.3, 0.4) is 0 Å². The molecule has 1 amide bonds. The van der Waals surface area contributed by atoms with E-state index in [0.29, 0.717) is 13.0 Å². The van der Waals surface area contributed by atoms with Crippen LogP contribution < -0.4 is 5.32 Å². The summed E-state index contributed by atoms with van der Waals surface area (Å²) < 4.78 is 5.00. The van der Waals surface area contributed by atoms with Gasteiger partial charge in [0, 0.05) is 52.2 Å². The largest absolute Gasteiger partial charge is 0.385 e. The van der Waals surface area contributed by atoms with Crippen molar-refractivity contribution in [1.29, 1.82) is 0 Å². The minimum absolute atomic E-state index is 0.0949. The molecule has 0 aliphatic carbocycles. The molecule has 2 rings (SSSR count). The number of methoxy groups -OCH3 is 1. The predicted octanol–water partition coefficient (Wildman–Crippen LogP) is 0.981. The molecule has 1 N–H and O–H groups in total. The molecule has 1 aliphatic rings. The van der Waals surface area contributed by atoms with E-state index in [9.17, 15) is 4.79 Å². The second-order valence-corrected chi connectivity index (χ2v) is 4.69. The van der Waals surface area contributed by atoms with E-state index in [1.54, 1.807) is 13.3 Å². The molecule has 1 aliphatic heterocycles. The van der Waals surface area contributed by atoms with Crippen LogP contribution in [0.1, 0.15) is 24.4 Å². The maximum Gasteiger partial charge on any atom is 0.223 e. The molecule has 1 aromatic heterocycles. The Morgan fingerprint density at radius 1 is 1.63 bits per heavy atom. The SMILES string of the molecule is COCCCC(=O)N1CCNCC1c1cccnc1. The highest BCUT2D eigenvalue weighted by atomic mass is 16.5. The van der Waals surface area contributed by atoms with Crippen LogP contribution in [0.5, 0.6) is 0 Å². The molecule has 1 atom stereocenters. The highest BCUT2D eigenvalue weighted by molar-refractivity contribution is 5.76. The summed E-state index contributed by atoms with van der Waals surface area (Å²) in [5.41, 5.74) is 1.09. The highest BCUT2D eigenvalue weighted by Gasteiger charge is 2.27. The third-order valence-corrected chi connectivity index (χ3v) is 3.37. The minimum atomic E-state index is 0.0949. The van der Waals surface area contributed by atoms with Crippen LogP contribution in [0.4, 0.5) is 0 Å².